The monoisotopic (exact) mass is 380 g/mol. The van der Waals surface area contributed by atoms with E-state index in [-0.39, 0.29) is 17.3 Å². The SMILES string of the molecule is CCCCS(=O)(=O)OS(C)(CC(=O)c1ccccc1)c1ccccc1. The molecule has 0 aliphatic carbocycles. The normalized spacial score (nSPS) is 15.3. The van der Waals surface area contributed by atoms with E-state index in [2.05, 4.69) is 0 Å². The summed E-state index contributed by atoms with van der Waals surface area (Å²) in [6.45, 7) is 1.93. The molecule has 0 amide bonds. The number of carbonyl (C=O) groups excluding carboxylic acids is 1. The Morgan fingerprint density at radius 1 is 0.960 bits per heavy atom. The van der Waals surface area contributed by atoms with Gasteiger partial charge >= 0.3 is 0 Å². The van der Waals surface area contributed by atoms with Crippen molar-refractivity contribution >= 4 is 26.2 Å². The predicted octanol–water partition coefficient (Wildman–Crippen LogP) is 4.42. The second-order valence-corrected chi connectivity index (χ2v) is 10.8. The fourth-order valence-corrected chi connectivity index (χ4v) is 7.21. The first kappa shape index (κ1) is 19.7. The number of unbranched alkanes of at least 4 members (excludes halogenated alkanes) is 1. The third-order valence-electron chi connectivity index (χ3n) is 3.75. The van der Waals surface area contributed by atoms with Crippen molar-refractivity contribution in [2.24, 2.45) is 0 Å². The Morgan fingerprint density at radius 3 is 2.08 bits per heavy atom. The summed E-state index contributed by atoms with van der Waals surface area (Å²) in [5.74, 6) is -0.113. The molecule has 2 aromatic carbocycles. The average Bonchev–Trinajstić information content (AvgIpc) is 2.61. The molecule has 4 nitrogen and oxygen atoms in total. The molecule has 2 rings (SSSR count). The Balaban J connectivity index is 2.31. The summed E-state index contributed by atoms with van der Waals surface area (Å²) >= 11 is 0. The molecule has 0 bridgehead atoms. The van der Waals surface area contributed by atoms with Gasteiger partial charge in [-0.3, -0.25) is 4.79 Å². The van der Waals surface area contributed by atoms with E-state index in [1.54, 1.807) is 30.5 Å². The first-order valence-electron chi connectivity index (χ1n) is 8.19. The standard InChI is InChI=1S/C19H24O4S2/c1-3-4-15-25(21,22)23-24(2,18-13-9-6-10-14-18)16-19(20)17-11-7-5-8-12-17/h5-14H,3-4,15-16H2,1-2H3. The molecule has 1 atom stereocenters. The van der Waals surface area contributed by atoms with Gasteiger partial charge in [-0.1, -0.05) is 72.2 Å². The third kappa shape index (κ3) is 5.70. The number of Topliss-reactive ketones (excluding diaryl/α,β-unsaturated/α-hetero) is 1. The summed E-state index contributed by atoms with van der Waals surface area (Å²) in [6, 6.07) is 18.1. The first-order valence-corrected chi connectivity index (χ1v) is 11.9. The van der Waals surface area contributed by atoms with Gasteiger partial charge in [-0.05, 0) is 24.8 Å². The molecule has 0 fully saturated rings. The summed E-state index contributed by atoms with van der Waals surface area (Å²) in [5.41, 5.74) is 0.562. The molecular weight excluding hydrogens is 356 g/mol. The molecule has 0 heterocycles. The van der Waals surface area contributed by atoms with Crippen molar-refractivity contribution in [3.63, 3.8) is 0 Å². The lowest BCUT2D eigenvalue weighted by molar-refractivity contribution is 0.102. The van der Waals surface area contributed by atoms with Crippen LogP contribution in [0.4, 0.5) is 0 Å². The smallest absolute Gasteiger partial charge is 0.276 e. The number of benzene rings is 2. The van der Waals surface area contributed by atoms with E-state index < -0.39 is 20.4 Å². The van der Waals surface area contributed by atoms with Gasteiger partial charge in [0, 0.05) is 10.5 Å². The van der Waals surface area contributed by atoms with E-state index in [0.717, 1.165) is 11.3 Å². The van der Waals surface area contributed by atoms with Crippen molar-refractivity contribution < 1.29 is 16.8 Å². The minimum absolute atomic E-state index is 0.0293. The van der Waals surface area contributed by atoms with Gasteiger partial charge in [0.25, 0.3) is 10.1 Å². The van der Waals surface area contributed by atoms with E-state index in [4.69, 9.17) is 3.63 Å². The summed E-state index contributed by atoms with van der Waals surface area (Å²) < 4.78 is 30.4. The fourth-order valence-electron chi connectivity index (χ4n) is 2.40. The minimum atomic E-state index is -3.69. The van der Waals surface area contributed by atoms with Crippen molar-refractivity contribution in [2.45, 2.75) is 24.7 Å². The van der Waals surface area contributed by atoms with Crippen LogP contribution >= 0.6 is 10.3 Å². The molecule has 25 heavy (non-hydrogen) atoms. The van der Waals surface area contributed by atoms with E-state index in [1.807, 2.05) is 43.3 Å². The second-order valence-electron chi connectivity index (χ2n) is 5.93. The van der Waals surface area contributed by atoms with Crippen LogP contribution in [-0.2, 0) is 13.7 Å². The van der Waals surface area contributed by atoms with Gasteiger partial charge < -0.3 is 0 Å². The maximum atomic E-state index is 12.7. The zero-order valence-electron chi connectivity index (χ0n) is 14.6. The fraction of sp³-hybridized carbons (Fsp3) is 0.316. The predicted molar refractivity (Wildman–Crippen MR) is 104 cm³/mol. The molecule has 0 spiro atoms. The molecule has 0 radical (unpaired) electrons. The van der Waals surface area contributed by atoms with Gasteiger partial charge in [0.05, 0.1) is 11.5 Å². The molecule has 0 saturated carbocycles. The third-order valence-corrected chi connectivity index (χ3v) is 8.65. The molecular formula is C19H24O4S2. The Morgan fingerprint density at radius 2 is 1.52 bits per heavy atom. The highest BCUT2D eigenvalue weighted by molar-refractivity contribution is 8.33. The number of rotatable bonds is 9. The number of carbonyl (C=O) groups is 1. The molecule has 0 saturated heterocycles. The van der Waals surface area contributed by atoms with Gasteiger partial charge in [0.1, 0.15) is 0 Å². The van der Waals surface area contributed by atoms with Crippen LogP contribution in [0.25, 0.3) is 0 Å². The molecule has 6 heteroatoms. The topological polar surface area (TPSA) is 60.4 Å². The molecule has 136 valence electrons. The van der Waals surface area contributed by atoms with Crippen LogP contribution in [0.1, 0.15) is 30.1 Å². The summed E-state index contributed by atoms with van der Waals surface area (Å²) in [4.78, 5) is 13.4. The molecule has 0 aromatic heterocycles. The highest BCUT2D eigenvalue weighted by atomic mass is 32.3. The van der Waals surface area contributed by atoms with Gasteiger partial charge in [0.15, 0.2) is 5.78 Å². The van der Waals surface area contributed by atoms with Crippen LogP contribution < -0.4 is 0 Å². The van der Waals surface area contributed by atoms with Crippen molar-refractivity contribution in [1.29, 1.82) is 0 Å². The molecule has 0 N–H and O–H groups in total. The maximum absolute atomic E-state index is 12.7. The van der Waals surface area contributed by atoms with Crippen molar-refractivity contribution in [3.05, 3.63) is 66.2 Å². The number of hydrogen-bond acceptors (Lipinski definition) is 4. The summed E-state index contributed by atoms with van der Waals surface area (Å²) in [7, 11) is -5.98. The largest absolute Gasteiger partial charge is 0.293 e. The van der Waals surface area contributed by atoms with E-state index >= 15 is 0 Å². The van der Waals surface area contributed by atoms with Crippen molar-refractivity contribution in [2.75, 3.05) is 17.8 Å². The highest BCUT2D eigenvalue weighted by Gasteiger charge is 2.31. The average molecular weight is 381 g/mol. The highest BCUT2D eigenvalue weighted by Crippen LogP contribution is 2.55. The Bertz CT molecular complexity index is 789. The Labute approximate surface area is 151 Å². The van der Waals surface area contributed by atoms with Crippen LogP contribution in [0, 0.1) is 0 Å². The summed E-state index contributed by atoms with van der Waals surface area (Å²) in [6.07, 6.45) is 3.05. The van der Waals surface area contributed by atoms with Crippen molar-refractivity contribution in [1.82, 2.24) is 0 Å². The second kappa shape index (κ2) is 8.65. The van der Waals surface area contributed by atoms with Gasteiger partial charge in [-0.2, -0.15) is 8.42 Å². The Kier molecular flexibility index (Phi) is 6.81. The first-order chi connectivity index (χ1) is 11.9. The Hall–Kier alpha value is -1.63. The van der Waals surface area contributed by atoms with Crippen molar-refractivity contribution in [3.8, 4) is 0 Å². The lowest BCUT2D eigenvalue weighted by atomic mass is 10.2. The molecule has 0 aliphatic rings. The van der Waals surface area contributed by atoms with Crippen LogP contribution in [0.3, 0.4) is 0 Å². The number of ketones is 1. The zero-order chi connectivity index (χ0) is 18.3. The van der Waals surface area contributed by atoms with Gasteiger partial charge in [-0.25, -0.2) is 3.63 Å². The molecule has 1 unspecified atom stereocenters. The quantitative estimate of drug-likeness (QED) is 0.604. The lowest BCUT2D eigenvalue weighted by Crippen LogP contribution is -2.21. The molecule has 2 aromatic rings. The lowest BCUT2D eigenvalue weighted by Gasteiger charge is -2.34. The van der Waals surface area contributed by atoms with Crippen LogP contribution in [0.2, 0.25) is 0 Å². The summed E-state index contributed by atoms with van der Waals surface area (Å²) in [5, 5.41) is 0. The number of hydrogen-bond donors (Lipinski definition) is 0. The zero-order valence-corrected chi connectivity index (χ0v) is 16.2. The van der Waals surface area contributed by atoms with Gasteiger partial charge in [0.2, 0.25) is 0 Å². The van der Waals surface area contributed by atoms with Crippen LogP contribution in [-0.4, -0.2) is 32.0 Å². The van der Waals surface area contributed by atoms with Gasteiger partial charge in [-0.15, -0.1) is 0 Å². The van der Waals surface area contributed by atoms with E-state index in [1.165, 1.54) is 0 Å². The van der Waals surface area contributed by atoms with Crippen LogP contribution in [0.15, 0.2) is 65.6 Å². The van der Waals surface area contributed by atoms with E-state index in [0.29, 0.717) is 12.0 Å². The molecule has 0 aliphatic heterocycles. The van der Waals surface area contributed by atoms with E-state index in [9.17, 15) is 13.2 Å². The maximum Gasteiger partial charge on any atom is 0.276 e. The van der Waals surface area contributed by atoms with Crippen LogP contribution in [0.5, 0.6) is 0 Å². The minimum Gasteiger partial charge on any atom is -0.293 e.